The Morgan fingerprint density at radius 3 is 2.71 bits per heavy atom. The first-order valence-electron chi connectivity index (χ1n) is 6.99. The quantitative estimate of drug-likeness (QED) is 0.749. The van der Waals surface area contributed by atoms with Crippen molar-refractivity contribution in [1.82, 2.24) is 4.98 Å². The zero-order valence-electron chi connectivity index (χ0n) is 12.6. The molecule has 0 aliphatic heterocycles. The van der Waals surface area contributed by atoms with Gasteiger partial charge in [0.05, 0.1) is 10.2 Å². The highest BCUT2D eigenvalue weighted by Crippen LogP contribution is 2.26. The number of amides is 1. The van der Waals surface area contributed by atoms with Crippen LogP contribution in [0.15, 0.2) is 46.8 Å². The molecule has 8 heteroatoms. The lowest BCUT2D eigenvalue weighted by Gasteiger charge is -2.06. The van der Waals surface area contributed by atoms with Crippen molar-refractivity contribution in [2.45, 2.75) is 11.3 Å². The van der Waals surface area contributed by atoms with Crippen molar-refractivity contribution in [1.29, 1.82) is 0 Å². The molecule has 5 nitrogen and oxygen atoms in total. The van der Waals surface area contributed by atoms with Crippen LogP contribution in [0.5, 0.6) is 0 Å². The number of aromatic nitrogens is 1. The van der Waals surface area contributed by atoms with E-state index in [0.717, 1.165) is 21.6 Å². The van der Waals surface area contributed by atoms with E-state index >= 15 is 0 Å². The average molecular weight is 381 g/mol. The van der Waals surface area contributed by atoms with Crippen molar-refractivity contribution >= 4 is 54.6 Å². The average Bonchev–Trinajstić information content (AvgIpc) is 2.95. The number of para-hydroxylation sites is 1. The number of fused-ring (bicyclic) bond motifs is 1. The molecular weight excluding hydrogens is 368 g/mol. The molecule has 0 atom stereocenters. The Morgan fingerprint density at radius 1 is 1.25 bits per heavy atom. The molecule has 1 heterocycles. The standard InChI is InChI=1S/C16H13ClN2O3S2/c1-10-6-7-11(8-12(10)17)18-15(20)9-24(21,22)16-19-13-4-2-3-5-14(13)23-16/h2-8H,9H2,1H3,(H,18,20). The van der Waals surface area contributed by atoms with E-state index in [4.69, 9.17) is 11.6 Å². The van der Waals surface area contributed by atoms with Crippen molar-refractivity contribution in [3.63, 3.8) is 0 Å². The van der Waals surface area contributed by atoms with Gasteiger partial charge in [0.15, 0.2) is 0 Å². The number of nitrogens with zero attached hydrogens (tertiary/aromatic N) is 1. The molecule has 1 amide bonds. The Balaban J connectivity index is 1.78. The summed E-state index contributed by atoms with van der Waals surface area (Å²) in [6.07, 6.45) is 0. The first kappa shape index (κ1) is 16.9. The number of sulfone groups is 1. The molecule has 3 aromatic rings. The van der Waals surface area contributed by atoms with Gasteiger partial charge in [0, 0.05) is 10.7 Å². The lowest BCUT2D eigenvalue weighted by molar-refractivity contribution is -0.113. The Labute approximate surface area is 148 Å². The van der Waals surface area contributed by atoms with E-state index in [1.807, 2.05) is 13.0 Å². The topological polar surface area (TPSA) is 76.1 Å². The summed E-state index contributed by atoms with van der Waals surface area (Å²) in [4.78, 5) is 16.2. The van der Waals surface area contributed by atoms with Crippen LogP contribution in [-0.4, -0.2) is 25.1 Å². The maximum Gasteiger partial charge on any atom is 0.240 e. The molecule has 0 unspecified atom stereocenters. The third-order valence-corrected chi connectivity index (χ3v) is 6.83. The van der Waals surface area contributed by atoms with Crippen LogP contribution in [0.2, 0.25) is 5.02 Å². The highest BCUT2D eigenvalue weighted by Gasteiger charge is 2.23. The molecule has 0 radical (unpaired) electrons. The van der Waals surface area contributed by atoms with Crippen LogP contribution >= 0.6 is 22.9 Å². The van der Waals surface area contributed by atoms with Gasteiger partial charge in [-0.15, -0.1) is 11.3 Å². The molecule has 24 heavy (non-hydrogen) atoms. The fraction of sp³-hybridized carbons (Fsp3) is 0.125. The fourth-order valence-corrected chi connectivity index (χ4v) is 4.70. The molecule has 0 saturated heterocycles. The van der Waals surface area contributed by atoms with E-state index in [0.29, 0.717) is 16.2 Å². The number of carbonyl (C=O) groups is 1. The van der Waals surface area contributed by atoms with Gasteiger partial charge in [-0.3, -0.25) is 4.79 Å². The molecule has 124 valence electrons. The molecule has 0 bridgehead atoms. The summed E-state index contributed by atoms with van der Waals surface area (Å²) in [7, 11) is -3.80. The molecule has 3 rings (SSSR count). The number of nitrogens with one attached hydrogen (secondary N) is 1. The smallest absolute Gasteiger partial charge is 0.240 e. The number of benzene rings is 2. The number of anilines is 1. The van der Waals surface area contributed by atoms with Gasteiger partial charge in [0.1, 0.15) is 5.75 Å². The van der Waals surface area contributed by atoms with E-state index in [9.17, 15) is 13.2 Å². The van der Waals surface area contributed by atoms with Gasteiger partial charge in [0.25, 0.3) is 0 Å². The fourth-order valence-electron chi connectivity index (χ4n) is 2.09. The van der Waals surface area contributed by atoms with Crippen molar-refractivity contribution in [3.8, 4) is 0 Å². The maximum absolute atomic E-state index is 12.4. The van der Waals surface area contributed by atoms with E-state index in [2.05, 4.69) is 10.3 Å². The van der Waals surface area contributed by atoms with Gasteiger partial charge in [-0.25, -0.2) is 13.4 Å². The number of hydrogen-bond donors (Lipinski definition) is 1. The zero-order valence-corrected chi connectivity index (χ0v) is 15.0. The highest BCUT2D eigenvalue weighted by molar-refractivity contribution is 7.94. The van der Waals surface area contributed by atoms with Gasteiger partial charge in [-0.2, -0.15) is 0 Å². The second-order valence-corrected chi connectivity index (χ2v) is 8.82. The minimum absolute atomic E-state index is 0.0548. The first-order valence-corrected chi connectivity index (χ1v) is 9.84. The van der Waals surface area contributed by atoms with Crippen molar-refractivity contribution in [2.75, 3.05) is 11.1 Å². The van der Waals surface area contributed by atoms with Crippen LogP contribution in [0.1, 0.15) is 5.56 Å². The summed E-state index contributed by atoms with van der Waals surface area (Å²) < 4.78 is 25.5. The Bertz CT molecular complexity index is 996. The Hall–Kier alpha value is -1.96. The summed E-state index contributed by atoms with van der Waals surface area (Å²) in [5.41, 5.74) is 1.93. The van der Waals surface area contributed by atoms with Crippen LogP contribution in [0.4, 0.5) is 5.69 Å². The van der Waals surface area contributed by atoms with Crippen molar-refractivity contribution in [3.05, 3.63) is 53.1 Å². The van der Waals surface area contributed by atoms with E-state index < -0.39 is 21.5 Å². The Kier molecular flexibility index (Phi) is 4.58. The lowest BCUT2D eigenvalue weighted by Crippen LogP contribution is -2.23. The third-order valence-electron chi connectivity index (χ3n) is 3.32. The number of thiazole rings is 1. The van der Waals surface area contributed by atoms with E-state index in [-0.39, 0.29) is 4.34 Å². The monoisotopic (exact) mass is 380 g/mol. The lowest BCUT2D eigenvalue weighted by atomic mass is 10.2. The van der Waals surface area contributed by atoms with Gasteiger partial charge in [0.2, 0.25) is 20.1 Å². The van der Waals surface area contributed by atoms with Crippen molar-refractivity contribution in [2.24, 2.45) is 0 Å². The highest BCUT2D eigenvalue weighted by atomic mass is 35.5. The third kappa shape index (κ3) is 3.58. The summed E-state index contributed by atoms with van der Waals surface area (Å²) in [6.45, 7) is 1.84. The molecule has 1 N–H and O–H groups in total. The minimum atomic E-state index is -3.80. The van der Waals surface area contributed by atoms with Crippen LogP contribution in [0.25, 0.3) is 10.2 Å². The molecule has 0 aliphatic carbocycles. The molecule has 0 aliphatic rings. The Morgan fingerprint density at radius 2 is 2.00 bits per heavy atom. The number of hydrogen-bond acceptors (Lipinski definition) is 5. The second kappa shape index (κ2) is 6.51. The van der Waals surface area contributed by atoms with E-state index in [1.54, 1.807) is 36.4 Å². The number of aryl methyl sites for hydroxylation is 1. The van der Waals surface area contributed by atoms with Gasteiger partial charge >= 0.3 is 0 Å². The van der Waals surface area contributed by atoms with Crippen LogP contribution < -0.4 is 5.32 Å². The minimum Gasteiger partial charge on any atom is -0.325 e. The SMILES string of the molecule is Cc1ccc(NC(=O)CS(=O)(=O)c2nc3ccccc3s2)cc1Cl. The molecule has 2 aromatic carbocycles. The zero-order chi connectivity index (χ0) is 17.3. The predicted octanol–water partition coefficient (Wildman–Crippen LogP) is 3.67. The second-order valence-electron chi connectivity index (χ2n) is 5.22. The largest absolute Gasteiger partial charge is 0.325 e. The van der Waals surface area contributed by atoms with Gasteiger partial charge in [-0.05, 0) is 36.8 Å². The van der Waals surface area contributed by atoms with Crippen LogP contribution in [0, 0.1) is 6.92 Å². The molecule has 0 spiro atoms. The summed E-state index contributed by atoms with van der Waals surface area (Å²) in [5, 5.41) is 3.05. The maximum atomic E-state index is 12.4. The summed E-state index contributed by atoms with van der Waals surface area (Å²) in [6, 6.07) is 12.1. The van der Waals surface area contributed by atoms with Crippen molar-refractivity contribution < 1.29 is 13.2 Å². The first-order chi connectivity index (χ1) is 11.3. The van der Waals surface area contributed by atoms with Gasteiger partial charge in [-0.1, -0.05) is 29.8 Å². The van der Waals surface area contributed by atoms with Crippen LogP contribution in [-0.2, 0) is 14.6 Å². The summed E-state index contributed by atoms with van der Waals surface area (Å²) >= 11 is 7.05. The molecule has 0 saturated carbocycles. The van der Waals surface area contributed by atoms with E-state index in [1.165, 1.54) is 0 Å². The number of rotatable bonds is 4. The normalized spacial score (nSPS) is 11.6. The number of carbonyl (C=O) groups excluding carboxylic acids is 1. The molecule has 0 fully saturated rings. The van der Waals surface area contributed by atoms with Crippen LogP contribution in [0.3, 0.4) is 0 Å². The molecular formula is C16H13ClN2O3S2. The predicted molar refractivity (Wildman–Crippen MR) is 96.5 cm³/mol. The number of halogens is 1. The van der Waals surface area contributed by atoms with Gasteiger partial charge < -0.3 is 5.32 Å². The molecule has 1 aromatic heterocycles. The summed E-state index contributed by atoms with van der Waals surface area (Å²) in [5.74, 6) is -1.30.